The van der Waals surface area contributed by atoms with Gasteiger partial charge in [0, 0.05) is 12.6 Å². The van der Waals surface area contributed by atoms with E-state index in [1.165, 1.54) is 5.56 Å². The van der Waals surface area contributed by atoms with Gasteiger partial charge in [0.15, 0.2) is 0 Å². The Bertz CT molecular complexity index is 427. The molecule has 0 spiro atoms. The second-order valence-corrected chi connectivity index (χ2v) is 4.89. The number of benzene rings is 1. The van der Waals surface area contributed by atoms with Crippen molar-refractivity contribution in [2.75, 3.05) is 6.54 Å². The van der Waals surface area contributed by atoms with E-state index in [9.17, 15) is 5.11 Å². The zero-order valence-corrected chi connectivity index (χ0v) is 10.7. The van der Waals surface area contributed by atoms with Gasteiger partial charge >= 0.3 is 0 Å². The molecular weight excluding hydrogens is 230 g/mol. The fourth-order valence-corrected chi connectivity index (χ4v) is 2.47. The predicted molar refractivity (Wildman–Crippen MR) is 72.1 cm³/mol. The molecule has 1 aromatic carbocycles. The molecule has 0 aliphatic rings. The highest BCUT2D eigenvalue weighted by atomic mass is 32.1. The molecule has 17 heavy (non-hydrogen) atoms. The first-order chi connectivity index (χ1) is 8.27. The van der Waals surface area contributed by atoms with Gasteiger partial charge in [-0.05, 0) is 34.9 Å². The summed E-state index contributed by atoms with van der Waals surface area (Å²) in [4.78, 5) is 0. The first-order valence-corrected chi connectivity index (χ1v) is 6.70. The summed E-state index contributed by atoms with van der Waals surface area (Å²) in [6.07, 6.45) is -0.447. The van der Waals surface area contributed by atoms with Gasteiger partial charge in [0.2, 0.25) is 0 Å². The molecule has 0 saturated heterocycles. The summed E-state index contributed by atoms with van der Waals surface area (Å²) < 4.78 is 0. The lowest BCUT2D eigenvalue weighted by Gasteiger charge is -2.16. The van der Waals surface area contributed by atoms with Gasteiger partial charge in [0.05, 0.1) is 6.10 Å². The SMILES string of the molecule is CC(NCC(O)c1ccccc1)c1ccsc1. The van der Waals surface area contributed by atoms with E-state index in [2.05, 4.69) is 29.1 Å². The van der Waals surface area contributed by atoms with E-state index in [0.29, 0.717) is 6.54 Å². The van der Waals surface area contributed by atoms with Crippen LogP contribution >= 0.6 is 11.3 Å². The molecule has 1 heterocycles. The zero-order chi connectivity index (χ0) is 12.1. The molecule has 2 nitrogen and oxygen atoms in total. The first-order valence-electron chi connectivity index (χ1n) is 5.76. The van der Waals surface area contributed by atoms with Crippen LogP contribution in [-0.4, -0.2) is 11.7 Å². The standard InChI is InChI=1S/C14H17NOS/c1-11(13-7-8-17-10-13)15-9-14(16)12-5-3-2-4-6-12/h2-8,10-11,14-16H,9H2,1H3. The van der Waals surface area contributed by atoms with Gasteiger partial charge in [-0.1, -0.05) is 30.3 Å². The molecule has 0 amide bonds. The summed E-state index contributed by atoms with van der Waals surface area (Å²) in [5.41, 5.74) is 2.23. The largest absolute Gasteiger partial charge is 0.387 e. The molecule has 1 aromatic heterocycles. The second-order valence-electron chi connectivity index (χ2n) is 4.11. The van der Waals surface area contributed by atoms with Crippen molar-refractivity contribution >= 4 is 11.3 Å². The van der Waals surface area contributed by atoms with Gasteiger partial charge in [-0.3, -0.25) is 0 Å². The molecule has 2 atom stereocenters. The van der Waals surface area contributed by atoms with Crippen molar-refractivity contribution in [3.63, 3.8) is 0 Å². The van der Waals surface area contributed by atoms with E-state index in [4.69, 9.17) is 0 Å². The second kappa shape index (κ2) is 5.96. The number of nitrogens with one attached hydrogen (secondary N) is 1. The first kappa shape index (κ1) is 12.3. The van der Waals surface area contributed by atoms with Crippen molar-refractivity contribution in [3.8, 4) is 0 Å². The average molecular weight is 247 g/mol. The topological polar surface area (TPSA) is 32.3 Å². The smallest absolute Gasteiger partial charge is 0.0914 e. The van der Waals surface area contributed by atoms with Crippen molar-refractivity contribution in [3.05, 3.63) is 58.3 Å². The molecule has 0 fully saturated rings. The van der Waals surface area contributed by atoms with Gasteiger partial charge in [0.1, 0.15) is 0 Å². The van der Waals surface area contributed by atoms with E-state index in [1.807, 2.05) is 30.3 Å². The maximum absolute atomic E-state index is 10.0. The molecule has 2 unspecified atom stereocenters. The Kier molecular flexibility index (Phi) is 4.31. The van der Waals surface area contributed by atoms with E-state index in [0.717, 1.165) is 5.56 Å². The number of aliphatic hydroxyl groups is 1. The Morgan fingerprint density at radius 2 is 1.94 bits per heavy atom. The number of aliphatic hydroxyl groups excluding tert-OH is 1. The molecule has 2 rings (SSSR count). The fraction of sp³-hybridized carbons (Fsp3) is 0.286. The molecule has 3 heteroatoms. The number of rotatable bonds is 5. The summed E-state index contributed by atoms with van der Waals surface area (Å²) >= 11 is 1.70. The van der Waals surface area contributed by atoms with Crippen molar-refractivity contribution in [1.29, 1.82) is 0 Å². The minimum absolute atomic E-state index is 0.277. The third-order valence-electron chi connectivity index (χ3n) is 2.84. The highest BCUT2D eigenvalue weighted by Crippen LogP contribution is 2.17. The fourth-order valence-electron chi connectivity index (χ4n) is 1.72. The van der Waals surface area contributed by atoms with E-state index in [1.54, 1.807) is 11.3 Å². The summed E-state index contributed by atoms with van der Waals surface area (Å²) in [6, 6.07) is 12.1. The molecule has 0 aliphatic heterocycles. The highest BCUT2D eigenvalue weighted by Gasteiger charge is 2.10. The molecule has 2 aromatic rings. The molecule has 90 valence electrons. The van der Waals surface area contributed by atoms with Crippen LogP contribution in [0.3, 0.4) is 0 Å². The van der Waals surface area contributed by atoms with Crippen LogP contribution in [0.2, 0.25) is 0 Å². The zero-order valence-electron chi connectivity index (χ0n) is 9.84. The van der Waals surface area contributed by atoms with Crippen LogP contribution in [0, 0.1) is 0 Å². The number of thiophene rings is 1. The van der Waals surface area contributed by atoms with Gasteiger partial charge in [-0.15, -0.1) is 0 Å². The molecular formula is C14H17NOS. The Labute approximate surface area is 106 Å². The Morgan fingerprint density at radius 1 is 1.18 bits per heavy atom. The lowest BCUT2D eigenvalue weighted by atomic mass is 10.1. The van der Waals surface area contributed by atoms with E-state index >= 15 is 0 Å². The summed E-state index contributed by atoms with van der Waals surface area (Å²) in [5.74, 6) is 0. The lowest BCUT2D eigenvalue weighted by Crippen LogP contribution is -2.24. The number of hydrogen-bond acceptors (Lipinski definition) is 3. The highest BCUT2D eigenvalue weighted by molar-refractivity contribution is 7.07. The molecule has 0 aliphatic carbocycles. The molecule has 0 radical (unpaired) electrons. The summed E-state index contributed by atoms with van der Waals surface area (Å²) in [7, 11) is 0. The summed E-state index contributed by atoms with van der Waals surface area (Å²) in [5, 5.41) is 17.5. The normalized spacial score (nSPS) is 14.5. The molecule has 2 N–H and O–H groups in total. The average Bonchev–Trinajstić information content (AvgIpc) is 2.90. The van der Waals surface area contributed by atoms with Gasteiger partial charge in [0.25, 0.3) is 0 Å². The minimum atomic E-state index is -0.447. The number of hydrogen-bond donors (Lipinski definition) is 2. The Morgan fingerprint density at radius 3 is 2.59 bits per heavy atom. The van der Waals surface area contributed by atoms with Crippen LogP contribution < -0.4 is 5.32 Å². The Balaban J connectivity index is 1.86. The lowest BCUT2D eigenvalue weighted by molar-refractivity contribution is 0.171. The maximum Gasteiger partial charge on any atom is 0.0914 e. The Hall–Kier alpha value is -1.16. The quantitative estimate of drug-likeness (QED) is 0.850. The van der Waals surface area contributed by atoms with Gasteiger partial charge in [-0.25, -0.2) is 0 Å². The van der Waals surface area contributed by atoms with E-state index in [-0.39, 0.29) is 6.04 Å². The third-order valence-corrected chi connectivity index (χ3v) is 3.55. The summed E-state index contributed by atoms with van der Waals surface area (Å²) in [6.45, 7) is 2.68. The van der Waals surface area contributed by atoms with Crippen molar-refractivity contribution in [1.82, 2.24) is 5.32 Å². The van der Waals surface area contributed by atoms with Crippen LogP contribution in [0.1, 0.15) is 30.2 Å². The van der Waals surface area contributed by atoms with Crippen LogP contribution in [0.15, 0.2) is 47.2 Å². The van der Waals surface area contributed by atoms with Gasteiger partial charge < -0.3 is 10.4 Å². The van der Waals surface area contributed by atoms with Crippen molar-refractivity contribution < 1.29 is 5.11 Å². The van der Waals surface area contributed by atoms with E-state index < -0.39 is 6.10 Å². The van der Waals surface area contributed by atoms with Crippen LogP contribution in [0.5, 0.6) is 0 Å². The van der Waals surface area contributed by atoms with Crippen molar-refractivity contribution in [2.45, 2.75) is 19.1 Å². The monoisotopic (exact) mass is 247 g/mol. The van der Waals surface area contributed by atoms with Crippen LogP contribution in [-0.2, 0) is 0 Å². The molecule has 0 saturated carbocycles. The van der Waals surface area contributed by atoms with Crippen LogP contribution in [0.4, 0.5) is 0 Å². The maximum atomic E-state index is 10.0. The van der Waals surface area contributed by atoms with Crippen molar-refractivity contribution in [2.24, 2.45) is 0 Å². The van der Waals surface area contributed by atoms with Crippen LogP contribution in [0.25, 0.3) is 0 Å². The van der Waals surface area contributed by atoms with Gasteiger partial charge in [-0.2, -0.15) is 11.3 Å². The predicted octanol–water partition coefficient (Wildman–Crippen LogP) is 3.13. The third kappa shape index (κ3) is 3.40. The molecule has 0 bridgehead atoms. The minimum Gasteiger partial charge on any atom is -0.387 e.